The molecule has 0 radical (unpaired) electrons. The molecule has 0 saturated heterocycles. The van der Waals surface area contributed by atoms with Crippen LogP contribution in [0.25, 0.3) is 0 Å². The molecule has 0 aliphatic rings. The Bertz CT molecular complexity index is 271. The maximum atomic E-state index is 9.17. The summed E-state index contributed by atoms with van der Waals surface area (Å²) >= 11 is 0. The maximum Gasteiger partial charge on any atom is 0.115 e. The van der Waals surface area contributed by atoms with Crippen molar-refractivity contribution in [1.82, 2.24) is 5.32 Å². The molecule has 1 rings (SSSR count). The predicted octanol–water partition coefficient (Wildman–Crippen LogP) is 1.98. The third-order valence-electron chi connectivity index (χ3n) is 2.15. The standard InChI is InChI=1S/C10H15NO/c1-7-6-9(12)4-5-10(7)8(2)11-3/h4-6,8,11-12H,1-3H3. The van der Waals surface area contributed by atoms with Crippen LogP contribution in [0.3, 0.4) is 0 Å². The van der Waals surface area contributed by atoms with Gasteiger partial charge in [0.1, 0.15) is 5.75 Å². The minimum absolute atomic E-state index is 0.333. The lowest BCUT2D eigenvalue weighted by Gasteiger charge is -2.13. The highest BCUT2D eigenvalue weighted by Crippen LogP contribution is 2.20. The van der Waals surface area contributed by atoms with Gasteiger partial charge in [0.15, 0.2) is 0 Å². The van der Waals surface area contributed by atoms with Gasteiger partial charge in [-0.05, 0) is 44.2 Å². The Hall–Kier alpha value is -1.02. The van der Waals surface area contributed by atoms with Crippen LogP contribution in [0.5, 0.6) is 5.75 Å². The van der Waals surface area contributed by atoms with Crippen LogP contribution in [-0.4, -0.2) is 12.2 Å². The van der Waals surface area contributed by atoms with Crippen LogP contribution >= 0.6 is 0 Å². The van der Waals surface area contributed by atoms with Crippen molar-refractivity contribution in [3.63, 3.8) is 0 Å². The fourth-order valence-electron chi connectivity index (χ4n) is 1.30. The van der Waals surface area contributed by atoms with E-state index >= 15 is 0 Å². The molecule has 0 spiro atoms. The largest absolute Gasteiger partial charge is 0.508 e. The van der Waals surface area contributed by atoms with Crippen LogP contribution < -0.4 is 5.32 Å². The monoisotopic (exact) mass is 165 g/mol. The fraction of sp³-hybridized carbons (Fsp3) is 0.400. The van der Waals surface area contributed by atoms with Crippen molar-refractivity contribution >= 4 is 0 Å². The van der Waals surface area contributed by atoms with Gasteiger partial charge < -0.3 is 10.4 Å². The number of hydrogen-bond donors (Lipinski definition) is 2. The van der Waals surface area contributed by atoms with E-state index in [1.165, 1.54) is 5.56 Å². The van der Waals surface area contributed by atoms with Crippen molar-refractivity contribution in [2.45, 2.75) is 19.9 Å². The highest BCUT2D eigenvalue weighted by molar-refractivity contribution is 5.35. The van der Waals surface area contributed by atoms with Gasteiger partial charge >= 0.3 is 0 Å². The van der Waals surface area contributed by atoms with Crippen LogP contribution in [0.15, 0.2) is 18.2 Å². The van der Waals surface area contributed by atoms with Crippen LogP contribution in [0, 0.1) is 6.92 Å². The van der Waals surface area contributed by atoms with Gasteiger partial charge in [0.25, 0.3) is 0 Å². The molecule has 0 aliphatic carbocycles. The summed E-state index contributed by atoms with van der Waals surface area (Å²) in [7, 11) is 1.93. The second-order valence-electron chi connectivity index (χ2n) is 3.05. The first kappa shape index (κ1) is 9.07. The summed E-state index contributed by atoms with van der Waals surface area (Å²) in [5, 5.41) is 12.3. The lowest BCUT2D eigenvalue weighted by molar-refractivity contribution is 0.474. The Morgan fingerprint density at radius 3 is 2.58 bits per heavy atom. The number of aryl methyl sites for hydroxylation is 1. The number of rotatable bonds is 2. The van der Waals surface area contributed by atoms with E-state index in [0.29, 0.717) is 11.8 Å². The number of nitrogens with one attached hydrogen (secondary N) is 1. The first-order chi connectivity index (χ1) is 5.65. The Labute approximate surface area is 73.2 Å². The molecule has 0 amide bonds. The SMILES string of the molecule is CNC(C)c1ccc(O)cc1C. The number of benzene rings is 1. The molecule has 66 valence electrons. The molecule has 1 aromatic carbocycles. The molecule has 1 unspecified atom stereocenters. The van der Waals surface area contributed by atoms with Crippen LogP contribution in [-0.2, 0) is 0 Å². The van der Waals surface area contributed by atoms with Crippen LogP contribution in [0.1, 0.15) is 24.1 Å². The normalized spacial score (nSPS) is 12.9. The van der Waals surface area contributed by atoms with Crippen molar-refractivity contribution in [3.05, 3.63) is 29.3 Å². The summed E-state index contributed by atoms with van der Waals surface area (Å²) < 4.78 is 0. The Morgan fingerprint density at radius 2 is 2.08 bits per heavy atom. The van der Waals surface area contributed by atoms with E-state index in [2.05, 4.69) is 12.2 Å². The molecule has 1 atom stereocenters. The lowest BCUT2D eigenvalue weighted by atomic mass is 10.0. The topological polar surface area (TPSA) is 32.3 Å². The molecular formula is C10H15NO. The molecule has 0 aromatic heterocycles. The second kappa shape index (κ2) is 3.59. The summed E-state index contributed by atoms with van der Waals surface area (Å²) in [6, 6.07) is 5.79. The predicted molar refractivity (Wildman–Crippen MR) is 50.3 cm³/mol. The zero-order chi connectivity index (χ0) is 9.14. The molecule has 2 N–H and O–H groups in total. The average molecular weight is 165 g/mol. The van der Waals surface area contributed by atoms with Gasteiger partial charge in [-0.1, -0.05) is 6.07 Å². The quantitative estimate of drug-likeness (QED) is 0.702. The fourth-order valence-corrected chi connectivity index (χ4v) is 1.30. The van der Waals surface area contributed by atoms with Crippen molar-refractivity contribution in [1.29, 1.82) is 0 Å². The van der Waals surface area contributed by atoms with E-state index in [4.69, 9.17) is 0 Å². The molecule has 0 saturated carbocycles. The zero-order valence-electron chi connectivity index (χ0n) is 7.76. The van der Waals surface area contributed by atoms with Crippen LogP contribution in [0.4, 0.5) is 0 Å². The molecule has 0 bridgehead atoms. The summed E-state index contributed by atoms with van der Waals surface area (Å²) in [6.07, 6.45) is 0. The summed E-state index contributed by atoms with van der Waals surface area (Å²) in [5.41, 5.74) is 2.35. The van der Waals surface area contributed by atoms with E-state index in [0.717, 1.165) is 5.56 Å². The van der Waals surface area contributed by atoms with E-state index in [1.807, 2.05) is 20.0 Å². The summed E-state index contributed by atoms with van der Waals surface area (Å²) in [5.74, 6) is 0.333. The summed E-state index contributed by atoms with van der Waals surface area (Å²) in [4.78, 5) is 0. The summed E-state index contributed by atoms with van der Waals surface area (Å²) in [6.45, 7) is 4.10. The first-order valence-corrected chi connectivity index (χ1v) is 4.12. The van der Waals surface area contributed by atoms with Crippen LogP contribution in [0.2, 0.25) is 0 Å². The van der Waals surface area contributed by atoms with Gasteiger partial charge in [-0.15, -0.1) is 0 Å². The van der Waals surface area contributed by atoms with Gasteiger partial charge in [-0.25, -0.2) is 0 Å². The number of aromatic hydroxyl groups is 1. The first-order valence-electron chi connectivity index (χ1n) is 4.12. The Morgan fingerprint density at radius 1 is 1.42 bits per heavy atom. The number of hydrogen-bond acceptors (Lipinski definition) is 2. The second-order valence-corrected chi connectivity index (χ2v) is 3.05. The Kier molecular flexibility index (Phi) is 2.71. The van der Waals surface area contributed by atoms with E-state index < -0.39 is 0 Å². The third kappa shape index (κ3) is 1.77. The minimum atomic E-state index is 0.333. The lowest BCUT2D eigenvalue weighted by Crippen LogP contribution is -2.13. The molecule has 12 heavy (non-hydrogen) atoms. The number of phenols is 1. The van der Waals surface area contributed by atoms with Crippen molar-refractivity contribution < 1.29 is 5.11 Å². The highest BCUT2D eigenvalue weighted by atomic mass is 16.3. The van der Waals surface area contributed by atoms with E-state index in [-0.39, 0.29) is 0 Å². The Balaban J connectivity index is 3.01. The van der Waals surface area contributed by atoms with E-state index in [1.54, 1.807) is 12.1 Å². The highest BCUT2D eigenvalue weighted by Gasteiger charge is 2.05. The molecule has 1 aromatic rings. The van der Waals surface area contributed by atoms with Gasteiger partial charge in [0.05, 0.1) is 0 Å². The van der Waals surface area contributed by atoms with Gasteiger partial charge in [-0.3, -0.25) is 0 Å². The number of phenolic OH excluding ortho intramolecular Hbond substituents is 1. The van der Waals surface area contributed by atoms with Gasteiger partial charge in [0, 0.05) is 6.04 Å². The van der Waals surface area contributed by atoms with Crippen molar-refractivity contribution in [2.24, 2.45) is 0 Å². The third-order valence-corrected chi connectivity index (χ3v) is 2.15. The van der Waals surface area contributed by atoms with Crippen molar-refractivity contribution in [2.75, 3.05) is 7.05 Å². The zero-order valence-corrected chi connectivity index (χ0v) is 7.76. The van der Waals surface area contributed by atoms with E-state index in [9.17, 15) is 5.11 Å². The molecular weight excluding hydrogens is 150 g/mol. The molecule has 0 aliphatic heterocycles. The molecule has 0 fully saturated rings. The molecule has 2 heteroatoms. The molecule has 0 heterocycles. The van der Waals surface area contributed by atoms with Crippen molar-refractivity contribution in [3.8, 4) is 5.75 Å². The minimum Gasteiger partial charge on any atom is -0.508 e. The smallest absolute Gasteiger partial charge is 0.115 e. The maximum absolute atomic E-state index is 9.17. The molecule has 2 nitrogen and oxygen atoms in total. The average Bonchev–Trinajstić information content (AvgIpc) is 2.03. The van der Waals surface area contributed by atoms with Gasteiger partial charge in [-0.2, -0.15) is 0 Å². The van der Waals surface area contributed by atoms with Gasteiger partial charge in [0.2, 0.25) is 0 Å².